The van der Waals surface area contributed by atoms with Crippen molar-refractivity contribution in [1.29, 1.82) is 0 Å². The highest BCUT2D eigenvalue weighted by Gasteiger charge is 2.37. The predicted molar refractivity (Wildman–Crippen MR) is 61.4 cm³/mol. The summed E-state index contributed by atoms with van der Waals surface area (Å²) >= 11 is 0. The highest BCUT2D eigenvalue weighted by Crippen LogP contribution is 2.21. The first-order chi connectivity index (χ1) is 6.65. The Hall–Kier alpha value is -0.610. The minimum Gasteiger partial charge on any atom is -0.388 e. The molecular formula is C11H24N2O2. The lowest BCUT2D eigenvalue weighted by atomic mass is 9.85. The second kappa shape index (κ2) is 4.94. The van der Waals surface area contributed by atoms with E-state index in [1.165, 1.54) is 0 Å². The zero-order valence-electron chi connectivity index (χ0n) is 10.4. The third-order valence-corrected chi connectivity index (χ3v) is 3.11. The maximum atomic E-state index is 11.8. The molecule has 4 nitrogen and oxygen atoms in total. The summed E-state index contributed by atoms with van der Waals surface area (Å²) in [6.45, 7) is 9.22. The standard InChI is InChI=1S/C11H24N2O2/c1-6-8(7-12)9(14)13-10(2,3)11(4,5)15/h8,15H,6-7,12H2,1-5H3,(H,13,14). The fourth-order valence-corrected chi connectivity index (χ4v) is 1.02. The monoisotopic (exact) mass is 216 g/mol. The van der Waals surface area contributed by atoms with Gasteiger partial charge in [0.1, 0.15) is 0 Å². The first-order valence-electron chi connectivity index (χ1n) is 5.40. The van der Waals surface area contributed by atoms with E-state index in [4.69, 9.17) is 5.73 Å². The van der Waals surface area contributed by atoms with Crippen molar-refractivity contribution in [2.24, 2.45) is 11.7 Å². The number of nitrogens with one attached hydrogen (secondary N) is 1. The van der Waals surface area contributed by atoms with Crippen LogP contribution in [0.15, 0.2) is 0 Å². The molecule has 15 heavy (non-hydrogen) atoms. The van der Waals surface area contributed by atoms with Gasteiger partial charge in [-0.05, 0) is 34.1 Å². The van der Waals surface area contributed by atoms with Crippen LogP contribution < -0.4 is 11.1 Å². The van der Waals surface area contributed by atoms with Gasteiger partial charge in [0.15, 0.2) is 0 Å². The summed E-state index contributed by atoms with van der Waals surface area (Å²) in [6, 6.07) is 0. The molecule has 1 amide bonds. The SMILES string of the molecule is CCC(CN)C(=O)NC(C)(C)C(C)(C)O. The normalized spacial score (nSPS) is 14.9. The Morgan fingerprint density at radius 1 is 1.40 bits per heavy atom. The van der Waals surface area contributed by atoms with Crippen LogP contribution in [0.25, 0.3) is 0 Å². The summed E-state index contributed by atoms with van der Waals surface area (Å²) in [5, 5.41) is 12.7. The first kappa shape index (κ1) is 14.4. The fourth-order valence-electron chi connectivity index (χ4n) is 1.02. The Morgan fingerprint density at radius 2 is 1.87 bits per heavy atom. The third kappa shape index (κ3) is 3.80. The van der Waals surface area contributed by atoms with E-state index in [1.54, 1.807) is 27.7 Å². The van der Waals surface area contributed by atoms with Crippen LogP contribution in [0.1, 0.15) is 41.0 Å². The van der Waals surface area contributed by atoms with E-state index < -0.39 is 11.1 Å². The average Bonchev–Trinajstić information content (AvgIpc) is 2.03. The molecule has 0 aliphatic rings. The molecule has 0 aliphatic heterocycles. The van der Waals surface area contributed by atoms with Crippen molar-refractivity contribution >= 4 is 5.91 Å². The van der Waals surface area contributed by atoms with Gasteiger partial charge in [0.2, 0.25) is 5.91 Å². The van der Waals surface area contributed by atoms with Crippen molar-refractivity contribution in [3.63, 3.8) is 0 Å². The fraction of sp³-hybridized carbons (Fsp3) is 0.909. The van der Waals surface area contributed by atoms with Gasteiger partial charge in [-0.25, -0.2) is 0 Å². The lowest BCUT2D eigenvalue weighted by Crippen LogP contribution is -2.59. The van der Waals surface area contributed by atoms with E-state index in [9.17, 15) is 9.90 Å². The average molecular weight is 216 g/mol. The van der Waals surface area contributed by atoms with Gasteiger partial charge in [-0.3, -0.25) is 4.79 Å². The smallest absolute Gasteiger partial charge is 0.224 e. The molecule has 1 atom stereocenters. The minimum absolute atomic E-state index is 0.0906. The number of aliphatic hydroxyl groups is 1. The summed E-state index contributed by atoms with van der Waals surface area (Å²) < 4.78 is 0. The second-order valence-corrected chi connectivity index (χ2v) is 5.01. The summed E-state index contributed by atoms with van der Waals surface area (Å²) in [6.07, 6.45) is 0.713. The highest BCUT2D eigenvalue weighted by molar-refractivity contribution is 5.79. The van der Waals surface area contributed by atoms with Crippen LogP contribution in [0.2, 0.25) is 0 Å². The van der Waals surface area contributed by atoms with Gasteiger partial charge in [-0.2, -0.15) is 0 Å². The molecule has 4 heteroatoms. The number of hydrogen-bond donors (Lipinski definition) is 3. The molecule has 0 aliphatic carbocycles. The Labute approximate surface area is 92.2 Å². The van der Waals surface area contributed by atoms with E-state index in [2.05, 4.69) is 5.32 Å². The van der Waals surface area contributed by atoms with E-state index in [0.29, 0.717) is 13.0 Å². The van der Waals surface area contributed by atoms with Crippen LogP contribution in [0.4, 0.5) is 0 Å². The van der Waals surface area contributed by atoms with Crippen LogP contribution in [-0.2, 0) is 4.79 Å². The summed E-state index contributed by atoms with van der Waals surface area (Å²) in [4.78, 5) is 11.8. The Morgan fingerprint density at radius 3 is 2.13 bits per heavy atom. The molecule has 1 unspecified atom stereocenters. The van der Waals surface area contributed by atoms with Crippen LogP contribution in [0.5, 0.6) is 0 Å². The van der Waals surface area contributed by atoms with Crippen LogP contribution in [0, 0.1) is 5.92 Å². The predicted octanol–water partition coefficient (Wildman–Crippen LogP) is 0.637. The molecule has 0 fully saturated rings. The number of amides is 1. The molecule has 4 N–H and O–H groups in total. The number of nitrogens with two attached hydrogens (primary N) is 1. The van der Waals surface area contributed by atoms with Gasteiger partial charge in [-0.1, -0.05) is 6.92 Å². The molecule has 0 heterocycles. The molecule has 0 rings (SSSR count). The molecule has 0 saturated carbocycles. The second-order valence-electron chi connectivity index (χ2n) is 5.01. The van der Waals surface area contributed by atoms with Gasteiger partial charge < -0.3 is 16.2 Å². The molecule has 0 aromatic heterocycles. The zero-order chi connectivity index (χ0) is 12.3. The molecule has 0 spiro atoms. The van der Waals surface area contributed by atoms with E-state index in [1.807, 2.05) is 6.92 Å². The molecular weight excluding hydrogens is 192 g/mol. The highest BCUT2D eigenvalue weighted by atomic mass is 16.3. The summed E-state index contributed by atoms with van der Waals surface area (Å²) in [5.41, 5.74) is 3.87. The van der Waals surface area contributed by atoms with Gasteiger partial charge in [0.25, 0.3) is 0 Å². The molecule has 0 aromatic carbocycles. The largest absolute Gasteiger partial charge is 0.388 e. The van der Waals surface area contributed by atoms with Gasteiger partial charge >= 0.3 is 0 Å². The van der Waals surface area contributed by atoms with E-state index >= 15 is 0 Å². The van der Waals surface area contributed by atoms with Gasteiger partial charge in [-0.15, -0.1) is 0 Å². The van der Waals surface area contributed by atoms with Crippen molar-refractivity contribution in [2.45, 2.75) is 52.2 Å². The van der Waals surface area contributed by atoms with Crippen LogP contribution in [0.3, 0.4) is 0 Å². The van der Waals surface area contributed by atoms with Crippen LogP contribution >= 0.6 is 0 Å². The van der Waals surface area contributed by atoms with Gasteiger partial charge in [0.05, 0.1) is 11.1 Å². The lowest BCUT2D eigenvalue weighted by Gasteiger charge is -2.38. The number of rotatable bonds is 5. The van der Waals surface area contributed by atoms with Crippen molar-refractivity contribution in [3.05, 3.63) is 0 Å². The van der Waals surface area contributed by atoms with E-state index in [0.717, 1.165) is 0 Å². The maximum absolute atomic E-state index is 11.8. The van der Waals surface area contributed by atoms with Crippen molar-refractivity contribution in [3.8, 4) is 0 Å². The summed E-state index contributed by atoms with van der Waals surface area (Å²) in [5.74, 6) is -0.265. The Kier molecular flexibility index (Phi) is 4.74. The van der Waals surface area contributed by atoms with Gasteiger partial charge in [0, 0.05) is 12.5 Å². The minimum atomic E-state index is -0.963. The Bertz CT molecular complexity index is 215. The first-order valence-corrected chi connectivity index (χ1v) is 5.40. The third-order valence-electron chi connectivity index (χ3n) is 3.11. The molecule has 0 aromatic rings. The van der Waals surface area contributed by atoms with Crippen molar-refractivity contribution in [1.82, 2.24) is 5.32 Å². The van der Waals surface area contributed by atoms with E-state index in [-0.39, 0.29) is 11.8 Å². The molecule has 0 saturated heterocycles. The molecule has 0 bridgehead atoms. The molecule has 90 valence electrons. The quantitative estimate of drug-likeness (QED) is 0.631. The number of hydrogen-bond acceptors (Lipinski definition) is 3. The number of carbonyl (C=O) groups is 1. The Balaban J connectivity index is 4.53. The lowest BCUT2D eigenvalue weighted by molar-refractivity contribution is -0.129. The van der Waals surface area contributed by atoms with Crippen molar-refractivity contribution < 1.29 is 9.90 Å². The topological polar surface area (TPSA) is 75.4 Å². The maximum Gasteiger partial charge on any atom is 0.224 e. The molecule has 0 radical (unpaired) electrons. The number of carbonyl (C=O) groups excluding carboxylic acids is 1. The van der Waals surface area contributed by atoms with Crippen molar-refractivity contribution in [2.75, 3.05) is 6.54 Å². The zero-order valence-corrected chi connectivity index (χ0v) is 10.4. The van der Waals surface area contributed by atoms with Crippen LogP contribution in [-0.4, -0.2) is 28.7 Å². The summed E-state index contributed by atoms with van der Waals surface area (Å²) in [7, 11) is 0.